The van der Waals surface area contributed by atoms with Gasteiger partial charge in [-0.25, -0.2) is 9.83 Å². The van der Waals surface area contributed by atoms with E-state index in [-0.39, 0.29) is 12.4 Å². The second-order valence-electron chi connectivity index (χ2n) is 2.85. The van der Waals surface area contributed by atoms with E-state index < -0.39 is 10.7 Å². The lowest BCUT2D eigenvalue weighted by molar-refractivity contribution is -0.142. The molecule has 0 amide bonds. The number of carbonyl (C=O) groups excluding carboxylic acids is 1. The number of carbonyl (C=O) groups is 1. The van der Waals surface area contributed by atoms with Gasteiger partial charge in [0.2, 0.25) is 0 Å². The van der Waals surface area contributed by atoms with Crippen molar-refractivity contribution in [2.45, 2.75) is 20.3 Å². The summed E-state index contributed by atoms with van der Waals surface area (Å²) in [4.78, 5) is 20.1. The van der Waals surface area contributed by atoms with Crippen molar-refractivity contribution in [2.24, 2.45) is 15.3 Å². The van der Waals surface area contributed by atoms with E-state index in [0.717, 1.165) is 0 Å². The molecule has 1 heterocycles. The van der Waals surface area contributed by atoms with Crippen LogP contribution >= 0.6 is 0 Å². The smallest absolute Gasteiger partial charge is 0.311 e. The summed E-state index contributed by atoms with van der Waals surface area (Å²) in [6.45, 7) is 4.44. The highest BCUT2D eigenvalue weighted by molar-refractivity contribution is 8.05. The first-order chi connectivity index (χ1) is 7.67. The van der Waals surface area contributed by atoms with E-state index in [1.165, 1.54) is 0 Å². The van der Waals surface area contributed by atoms with Crippen molar-refractivity contribution >= 4 is 21.8 Å². The molecule has 90 valence electrons. The van der Waals surface area contributed by atoms with Crippen LogP contribution < -0.4 is 5.73 Å². The zero-order valence-corrected chi connectivity index (χ0v) is 10.1. The molecule has 7 heteroatoms. The quantitative estimate of drug-likeness (QED) is 0.575. The van der Waals surface area contributed by atoms with Crippen molar-refractivity contribution in [1.29, 1.82) is 0 Å². The number of hydrogen-bond acceptors (Lipinski definition) is 6. The van der Waals surface area contributed by atoms with Crippen LogP contribution in [0.25, 0.3) is 0 Å². The molecule has 16 heavy (non-hydrogen) atoms. The molecule has 0 fully saturated rings. The number of esters is 1. The molecule has 1 atom stereocenters. The second kappa shape index (κ2) is 6.39. The minimum absolute atomic E-state index is 0.125. The Hall–Kier alpha value is -1.21. The molecule has 0 saturated heterocycles. The maximum absolute atomic E-state index is 11.2. The molecule has 0 aliphatic carbocycles. The zero-order chi connectivity index (χ0) is 12.0. The van der Waals surface area contributed by atoms with Crippen molar-refractivity contribution in [3.05, 3.63) is 11.1 Å². The van der Waals surface area contributed by atoms with Gasteiger partial charge in [0.05, 0.1) is 25.3 Å². The second-order valence-corrected chi connectivity index (χ2v) is 4.28. The molecule has 0 aromatic heterocycles. The molecule has 0 spiro atoms. The number of rotatable bonds is 5. The van der Waals surface area contributed by atoms with Crippen molar-refractivity contribution in [3.63, 3.8) is 0 Å². The fourth-order valence-corrected chi connectivity index (χ4v) is 2.08. The Morgan fingerprint density at radius 1 is 1.56 bits per heavy atom. The topological polar surface area (TPSA) is 86.3 Å². The molecule has 2 N–H and O–H groups in total. The van der Waals surface area contributed by atoms with Gasteiger partial charge in [-0.1, -0.05) is 4.53 Å². The normalized spacial score (nSPS) is 19.5. The van der Waals surface area contributed by atoms with Gasteiger partial charge in [-0.3, -0.25) is 4.79 Å². The first-order valence-electron chi connectivity index (χ1n) is 4.94. The first kappa shape index (κ1) is 12.9. The first-order valence-corrected chi connectivity index (χ1v) is 6.18. The van der Waals surface area contributed by atoms with Crippen LogP contribution in [0.15, 0.2) is 20.6 Å². The highest BCUT2D eigenvalue weighted by Crippen LogP contribution is 2.15. The van der Waals surface area contributed by atoms with Crippen molar-refractivity contribution in [2.75, 3.05) is 13.2 Å². The molecule has 1 aliphatic rings. The van der Waals surface area contributed by atoms with E-state index in [4.69, 9.17) is 15.3 Å². The summed E-state index contributed by atoms with van der Waals surface area (Å²) in [7, 11) is -0.662. The molecule has 0 radical (unpaired) electrons. The Morgan fingerprint density at radius 2 is 2.31 bits per heavy atom. The van der Waals surface area contributed by atoms with E-state index in [9.17, 15) is 4.79 Å². The van der Waals surface area contributed by atoms with Gasteiger partial charge in [-0.15, -0.1) is 0 Å². The van der Waals surface area contributed by atoms with Gasteiger partial charge in [0.25, 0.3) is 0 Å². The molecular weight excluding hydrogens is 230 g/mol. The number of hydrogen-bond donors (Lipinski definition) is 1. The summed E-state index contributed by atoms with van der Waals surface area (Å²) in [5.74, 6) is -0.313. The van der Waals surface area contributed by atoms with Crippen molar-refractivity contribution in [1.82, 2.24) is 0 Å². The fraction of sp³-hybridized carbons (Fsp3) is 0.556. The predicted octanol–water partition coefficient (Wildman–Crippen LogP) is 0.863. The lowest BCUT2D eigenvalue weighted by atomic mass is 10.3. The molecule has 0 aromatic rings. The van der Waals surface area contributed by atoms with E-state index >= 15 is 0 Å². The van der Waals surface area contributed by atoms with Crippen molar-refractivity contribution in [3.8, 4) is 0 Å². The van der Waals surface area contributed by atoms with Gasteiger partial charge in [0.1, 0.15) is 0 Å². The summed E-state index contributed by atoms with van der Waals surface area (Å²) in [6.07, 6.45) is 0.125. The largest absolute Gasteiger partial charge is 0.466 e. The Bertz CT molecular complexity index is 363. The Kier molecular flexibility index (Phi) is 5.13. The highest BCUT2D eigenvalue weighted by atomic mass is 32.2. The van der Waals surface area contributed by atoms with Gasteiger partial charge in [-0.2, -0.15) is 0 Å². The third-order valence-electron chi connectivity index (χ3n) is 1.61. The third-order valence-corrected chi connectivity index (χ3v) is 2.89. The summed E-state index contributed by atoms with van der Waals surface area (Å²) in [6, 6.07) is 0. The van der Waals surface area contributed by atoms with E-state index in [0.29, 0.717) is 24.1 Å². The lowest BCUT2D eigenvalue weighted by Gasteiger charge is -1.98. The van der Waals surface area contributed by atoms with E-state index in [2.05, 4.69) is 9.52 Å². The third kappa shape index (κ3) is 3.74. The monoisotopic (exact) mass is 245 g/mol. The maximum Gasteiger partial charge on any atom is 0.311 e. The number of nitrogens with two attached hydrogens (primary N) is 1. The Labute approximate surface area is 96.6 Å². The molecular formula is C9H15N3O3S. The van der Waals surface area contributed by atoms with Crippen LogP contribution in [0.4, 0.5) is 0 Å². The minimum atomic E-state index is -0.662. The van der Waals surface area contributed by atoms with Gasteiger partial charge in [-0.05, 0) is 13.8 Å². The van der Waals surface area contributed by atoms with Crippen LogP contribution in [0.2, 0.25) is 0 Å². The Balaban J connectivity index is 2.61. The molecule has 0 saturated carbocycles. The number of amidine groups is 1. The van der Waals surface area contributed by atoms with Crippen LogP contribution in [0, 0.1) is 0 Å². The van der Waals surface area contributed by atoms with Gasteiger partial charge >= 0.3 is 5.97 Å². The molecule has 1 rings (SSSR count). The van der Waals surface area contributed by atoms with Crippen LogP contribution in [-0.2, 0) is 25.1 Å². The molecule has 1 unspecified atom stereocenters. The molecule has 6 nitrogen and oxygen atoms in total. The molecule has 0 bridgehead atoms. The predicted molar refractivity (Wildman–Crippen MR) is 62.4 cm³/mol. The number of aliphatic imine (C=N–C) groups is 1. The van der Waals surface area contributed by atoms with Gasteiger partial charge in [0, 0.05) is 16.1 Å². The average Bonchev–Trinajstić information content (AvgIpc) is 2.56. The van der Waals surface area contributed by atoms with Gasteiger partial charge in [0.15, 0.2) is 5.17 Å². The van der Waals surface area contributed by atoms with Crippen LogP contribution in [0.3, 0.4) is 0 Å². The van der Waals surface area contributed by atoms with Crippen molar-refractivity contribution < 1.29 is 14.4 Å². The molecule has 1 aliphatic heterocycles. The van der Waals surface area contributed by atoms with E-state index in [1.54, 1.807) is 12.3 Å². The summed E-state index contributed by atoms with van der Waals surface area (Å²) in [5.41, 5.74) is 6.23. The number of nitrogens with zero attached hydrogens (tertiary/aromatic N) is 2. The van der Waals surface area contributed by atoms with Crippen LogP contribution in [0.1, 0.15) is 20.3 Å². The van der Waals surface area contributed by atoms with Crippen LogP contribution in [0.5, 0.6) is 0 Å². The summed E-state index contributed by atoms with van der Waals surface area (Å²) < 4.78 is 8.68. The fourth-order valence-electron chi connectivity index (χ4n) is 1.01. The maximum atomic E-state index is 11.2. The van der Waals surface area contributed by atoms with E-state index in [1.807, 2.05) is 6.92 Å². The standard InChI is InChI=1S/C9H15N3O3S/c1-3-14-8(13)5-7-6-16(9(10)11-7)12-15-4-2/h6H,3-5H2,1-2H3,(H2,10,11). The van der Waals surface area contributed by atoms with Gasteiger partial charge < -0.3 is 10.5 Å². The lowest BCUT2D eigenvalue weighted by Crippen LogP contribution is -2.13. The minimum Gasteiger partial charge on any atom is -0.466 e. The summed E-state index contributed by atoms with van der Waals surface area (Å²) in [5, 5.41) is 2.09. The summed E-state index contributed by atoms with van der Waals surface area (Å²) >= 11 is 0. The zero-order valence-electron chi connectivity index (χ0n) is 9.30. The SMILES string of the molecule is CCON=S1C=C(CC(=O)OCC)N=C1N. The molecule has 0 aromatic carbocycles. The number of ether oxygens (including phenoxy) is 1. The highest BCUT2D eigenvalue weighted by Gasteiger charge is 2.15. The average molecular weight is 245 g/mol. The van der Waals surface area contributed by atoms with Crippen LogP contribution in [-0.4, -0.2) is 24.4 Å². The Morgan fingerprint density at radius 3 is 2.94 bits per heavy atom.